The highest BCUT2D eigenvalue weighted by atomic mass is 16.5. The third kappa shape index (κ3) is 3.20. The molecule has 2 rings (SSSR count). The monoisotopic (exact) mass is 251 g/mol. The second kappa shape index (κ2) is 5.83. The number of ether oxygens (including phenoxy) is 1. The maximum atomic E-state index is 11.9. The van der Waals surface area contributed by atoms with Crippen molar-refractivity contribution in [2.75, 3.05) is 0 Å². The Morgan fingerprint density at radius 1 is 1.11 bits per heavy atom. The van der Waals surface area contributed by atoms with Crippen molar-refractivity contribution in [2.24, 2.45) is 0 Å². The van der Waals surface area contributed by atoms with Gasteiger partial charge >= 0.3 is 5.97 Å². The summed E-state index contributed by atoms with van der Waals surface area (Å²) in [6, 6.07) is 18.0. The topological polar surface area (TPSA) is 50.1 Å². The van der Waals surface area contributed by atoms with Crippen molar-refractivity contribution in [2.45, 2.75) is 13.0 Å². The number of nitrogens with zero attached hydrogens (tertiary/aromatic N) is 1. The molecule has 0 radical (unpaired) electrons. The van der Waals surface area contributed by atoms with Gasteiger partial charge in [-0.05, 0) is 36.8 Å². The molecule has 3 nitrogen and oxygen atoms in total. The number of rotatable bonds is 3. The number of hydrogen-bond acceptors (Lipinski definition) is 3. The molecule has 0 aliphatic heterocycles. The summed E-state index contributed by atoms with van der Waals surface area (Å²) in [5, 5.41) is 8.70. The van der Waals surface area contributed by atoms with Gasteiger partial charge in [0.25, 0.3) is 0 Å². The number of hydrogen-bond donors (Lipinski definition) is 0. The Labute approximate surface area is 112 Å². The van der Waals surface area contributed by atoms with Crippen LogP contribution in [0.2, 0.25) is 0 Å². The molecule has 0 saturated heterocycles. The molecule has 0 N–H and O–H groups in total. The molecule has 0 fully saturated rings. The van der Waals surface area contributed by atoms with Gasteiger partial charge in [-0.25, -0.2) is 4.79 Å². The van der Waals surface area contributed by atoms with Gasteiger partial charge in [-0.15, -0.1) is 0 Å². The van der Waals surface area contributed by atoms with Crippen LogP contribution in [0.25, 0.3) is 0 Å². The van der Waals surface area contributed by atoms with Crippen LogP contribution in [0.1, 0.15) is 34.5 Å². The summed E-state index contributed by atoms with van der Waals surface area (Å²) in [6.45, 7) is 1.83. The first-order chi connectivity index (χ1) is 9.20. The smallest absolute Gasteiger partial charge is 0.338 e. The lowest BCUT2D eigenvalue weighted by molar-refractivity contribution is 0.0338. The maximum absolute atomic E-state index is 11.9. The zero-order valence-electron chi connectivity index (χ0n) is 10.5. The molecule has 0 unspecified atom stereocenters. The fourth-order valence-electron chi connectivity index (χ4n) is 1.70. The van der Waals surface area contributed by atoms with Crippen molar-refractivity contribution in [3.05, 3.63) is 71.3 Å². The van der Waals surface area contributed by atoms with Crippen molar-refractivity contribution in [1.82, 2.24) is 0 Å². The average Bonchev–Trinajstić information content (AvgIpc) is 2.48. The molecule has 2 aromatic carbocycles. The molecule has 0 bridgehead atoms. The standard InChI is InChI=1S/C16H13NO2/c1-12(14-5-3-2-4-6-14)19-16(18)15-9-7-13(11-17)8-10-15/h2-10,12H,1H3/t12-/m0/s1. The molecule has 1 atom stereocenters. The predicted octanol–water partition coefficient (Wildman–Crippen LogP) is 3.48. The molecule has 94 valence electrons. The SMILES string of the molecule is C[C@H](OC(=O)c1ccc(C#N)cc1)c1ccccc1. The Balaban J connectivity index is 2.06. The third-order valence-electron chi connectivity index (χ3n) is 2.80. The number of benzene rings is 2. The van der Waals surface area contributed by atoms with Crippen LogP contribution in [0.3, 0.4) is 0 Å². The van der Waals surface area contributed by atoms with Crippen LogP contribution < -0.4 is 0 Å². The molecule has 3 heteroatoms. The van der Waals surface area contributed by atoms with Gasteiger partial charge in [-0.1, -0.05) is 30.3 Å². The Morgan fingerprint density at radius 2 is 1.74 bits per heavy atom. The normalized spacial score (nSPS) is 11.4. The second-order valence-corrected chi connectivity index (χ2v) is 4.15. The zero-order valence-corrected chi connectivity index (χ0v) is 10.5. The van der Waals surface area contributed by atoms with E-state index in [2.05, 4.69) is 0 Å². The van der Waals surface area contributed by atoms with Crippen LogP contribution in [-0.4, -0.2) is 5.97 Å². The van der Waals surface area contributed by atoms with Gasteiger partial charge in [0.05, 0.1) is 17.2 Å². The van der Waals surface area contributed by atoms with E-state index >= 15 is 0 Å². The van der Waals surface area contributed by atoms with E-state index in [-0.39, 0.29) is 12.1 Å². The number of esters is 1. The molecule has 19 heavy (non-hydrogen) atoms. The summed E-state index contributed by atoms with van der Waals surface area (Å²) < 4.78 is 5.37. The van der Waals surface area contributed by atoms with Crippen molar-refractivity contribution in [1.29, 1.82) is 5.26 Å². The molecule has 0 aliphatic rings. The predicted molar refractivity (Wildman–Crippen MR) is 71.4 cm³/mol. The quantitative estimate of drug-likeness (QED) is 0.785. The van der Waals surface area contributed by atoms with Gasteiger partial charge < -0.3 is 4.74 Å². The first-order valence-corrected chi connectivity index (χ1v) is 5.97. The molecule has 2 aromatic rings. The highest BCUT2D eigenvalue weighted by Gasteiger charge is 2.13. The second-order valence-electron chi connectivity index (χ2n) is 4.15. The van der Waals surface area contributed by atoms with Gasteiger partial charge in [-0.3, -0.25) is 0 Å². The Hall–Kier alpha value is -2.60. The van der Waals surface area contributed by atoms with E-state index < -0.39 is 0 Å². The molecular weight excluding hydrogens is 238 g/mol. The lowest BCUT2D eigenvalue weighted by Gasteiger charge is -2.13. The van der Waals surface area contributed by atoms with E-state index in [1.54, 1.807) is 24.3 Å². The van der Waals surface area contributed by atoms with Gasteiger partial charge in [0.2, 0.25) is 0 Å². The summed E-state index contributed by atoms with van der Waals surface area (Å²) in [5.41, 5.74) is 1.92. The summed E-state index contributed by atoms with van der Waals surface area (Å²) >= 11 is 0. The number of carbonyl (C=O) groups is 1. The van der Waals surface area contributed by atoms with Crippen molar-refractivity contribution in [3.63, 3.8) is 0 Å². The Morgan fingerprint density at radius 3 is 2.32 bits per heavy atom. The molecule has 0 amide bonds. The van der Waals surface area contributed by atoms with E-state index in [0.717, 1.165) is 5.56 Å². The van der Waals surface area contributed by atoms with E-state index in [9.17, 15) is 4.79 Å². The minimum atomic E-state index is -0.388. The fourth-order valence-corrected chi connectivity index (χ4v) is 1.70. The summed E-state index contributed by atoms with van der Waals surface area (Å²) in [6.07, 6.45) is -0.302. The molecule has 0 saturated carbocycles. The largest absolute Gasteiger partial charge is 0.454 e. The molecule has 0 aliphatic carbocycles. The van der Waals surface area contributed by atoms with E-state index in [0.29, 0.717) is 11.1 Å². The van der Waals surface area contributed by atoms with Gasteiger partial charge in [0.1, 0.15) is 6.10 Å². The summed E-state index contributed by atoms with van der Waals surface area (Å²) in [7, 11) is 0. The first-order valence-electron chi connectivity index (χ1n) is 5.97. The van der Waals surface area contributed by atoms with Crippen LogP contribution in [-0.2, 0) is 4.74 Å². The van der Waals surface area contributed by atoms with Crippen LogP contribution in [0.5, 0.6) is 0 Å². The molecule has 0 heterocycles. The lowest BCUT2D eigenvalue weighted by Crippen LogP contribution is -2.09. The van der Waals surface area contributed by atoms with Crippen molar-refractivity contribution >= 4 is 5.97 Å². The molecular formula is C16H13NO2. The fraction of sp³-hybridized carbons (Fsp3) is 0.125. The van der Waals surface area contributed by atoms with Crippen LogP contribution in [0.4, 0.5) is 0 Å². The lowest BCUT2D eigenvalue weighted by atomic mass is 10.1. The van der Waals surface area contributed by atoms with Gasteiger partial charge in [0.15, 0.2) is 0 Å². The Kier molecular flexibility index (Phi) is 3.94. The van der Waals surface area contributed by atoms with Crippen LogP contribution in [0, 0.1) is 11.3 Å². The minimum absolute atomic E-state index is 0.302. The van der Waals surface area contributed by atoms with E-state index in [4.69, 9.17) is 10.00 Å². The van der Waals surface area contributed by atoms with Crippen molar-refractivity contribution in [3.8, 4) is 6.07 Å². The van der Waals surface area contributed by atoms with Crippen LogP contribution >= 0.6 is 0 Å². The average molecular weight is 251 g/mol. The minimum Gasteiger partial charge on any atom is -0.454 e. The summed E-state index contributed by atoms with van der Waals surface area (Å²) in [4.78, 5) is 11.9. The highest BCUT2D eigenvalue weighted by molar-refractivity contribution is 5.89. The third-order valence-corrected chi connectivity index (χ3v) is 2.80. The zero-order chi connectivity index (χ0) is 13.7. The highest BCUT2D eigenvalue weighted by Crippen LogP contribution is 2.18. The first kappa shape index (κ1) is 12.8. The van der Waals surface area contributed by atoms with E-state index in [1.807, 2.05) is 43.3 Å². The van der Waals surface area contributed by atoms with Crippen molar-refractivity contribution < 1.29 is 9.53 Å². The molecule has 0 spiro atoms. The number of nitriles is 1. The van der Waals surface area contributed by atoms with Crippen LogP contribution in [0.15, 0.2) is 54.6 Å². The molecule has 0 aromatic heterocycles. The number of carbonyl (C=O) groups excluding carboxylic acids is 1. The van der Waals surface area contributed by atoms with E-state index in [1.165, 1.54) is 0 Å². The Bertz CT molecular complexity index is 597. The van der Waals surface area contributed by atoms with Gasteiger partial charge in [-0.2, -0.15) is 5.26 Å². The maximum Gasteiger partial charge on any atom is 0.338 e. The van der Waals surface area contributed by atoms with Gasteiger partial charge in [0, 0.05) is 0 Å². The summed E-state index contributed by atoms with van der Waals surface area (Å²) in [5.74, 6) is -0.388.